The highest BCUT2D eigenvalue weighted by Crippen LogP contribution is 2.24. The van der Waals surface area contributed by atoms with Gasteiger partial charge in [0.2, 0.25) is 5.91 Å². The molecule has 1 aliphatic carbocycles. The summed E-state index contributed by atoms with van der Waals surface area (Å²) < 4.78 is 0. The Bertz CT molecular complexity index is 703. The molecular formula is C21H23NO. The van der Waals surface area contributed by atoms with Crippen LogP contribution in [0.1, 0.15) is 48.1 Å². The van der Waals surface area contributed by atoms with Crippen LogP contribution in [0.2, 0.25) is 0 Å². The van der Waals surface area contributed by atoms with E-state index in [2.05, 4.69) is 23.5 Å². The van der Waals surface area contributed by atoms with Gasteiger partial charge in [-0.2, -0.15) is 0 Å². The minimum Gasteiger partial charge on any atom is -0.346 e. The second-order valence-corrected chi connectivity index (χ2v) is 6.21. The largest absolute Gasteiger partial charge is 0.346 e. The van der Waals surface area contributed by atoms with Gasteiger partial charge in [0.25, 0.3) is 0 Å². The Kier molecular flexibility index (Phi) is 4.92. The van der Waals surface area contributed by atoms with Crippen molar-refractivity contribution in [2.75, 3.05) is 0 Å². The molecule has 1 atom stereocenters. The lowest BCUT2D eigenvalue weighted by Gasteiger charge is -2.19. The number of aryl methyl sites for hydroxylation is 2. The fraction of sp³-hybridized carbons (Fsp3) is 0.286. The van der Waals surface area contributed by atoms with Crippen molar-refractivity contribution in [1.29, 1.82) is 0 Å². The fourth-order valence-corrected chi connectivity index (χ4v) is 3.10. The predicted molar refractivity (Wildman–Crippen MR) is 95.1 cm³/mol. The average Bonchev–Trinajstić information content (AvgIpc) is 2.60. The molecule has 0 radical (unpaired) electrons. The monoisotopic (exact) mass is 305 g/mol. The third-order valence-electron chi connectivity index (χ3n) is 4.46. The molecule has 0 spiro atoms. The van der Waals surface area contributed by atoms with Gasteiger partial charge in [0.05, 0.1) is 6.04 Å². The molecule has 3 rings (SSSR count). The van der Waals surface area contributed by atoms with E-state index in [0.717, 1.165) is 12.0 Å². The fourth-order valence-electron chi connectivity index (χ4n) is 3.10. The van der Waals surface area contributed by atoms with Crippen LogP contribution in [0.4, 0.5) is 0 Å². The van der Waals surface area contributed by atoms with E-state index in [-0.39, 0.29) is 11.9 Å². The summed E-state index contributed by atoms with van der Waals surface area (Å²) in [5.41, 5.74) is 5.15. The summed E-state index contributed by atoms with van der Waals surface area (Å²) in [4.78, 5) is 12.1. The lowest BCUT2D eigenvalue weighted by Crippen LogP contribution is -2.24. The summed E-state index contributed by atoms with van der Waals surface area (Å²) in [6.45, 7) is 2.04. The summed E-state index contributed by atoms with van der Waals surface area (Å²) in [7, 11) is 0. The molecule has 1 unspecified atom stereocenters. The number of fused-ring (bicyclic) bond motifs is 1. The predicted octanol–water partition coefficient (Wildman–Crippen LogP) is 4.46. The normalized spacial score (nSPS) is 15.2. The van der Waals surface area contributed by atoms with Crippen LogP contribution >= 0.6 is 0 Å². The standard InChI is InChI=1S/C21H23NO/c1-16(19-13-12-18-9-5-6-10-20(18)15-19)22-21(23)14-11-17-7-3-2-4-8-17/h2-4,7-8,11-16H,5-6,9-10H2,1H3,(H,22,23)/b14-11+. The summed E-state index contributed by atoms with van der Waals surface area (Å²) in [6.07, 6.45) is 8.37. The lowest BCUT2D eigenvalue weighted by molar-refractivity contribution is -0.117. The maximum Gasteiger partial charge on any atom is 0.244 e. The number of carbonyl (C=O) groups is 1. The van der Waals surface area contributed by atoms with Crippen LogP contribution in [0, 0.1) is 0 Å². The van der Waals surface area contributed by atoms with Crippen molar-refractivity contribution >= 4 is 12.0 Å². The van der Waals surface area contributed by atoms with Crippen molar-refractivity contribution in [3.05, 3.63) is 76.9 Å². The smallest absolute Gasteiger partial charge is 0.244 e. The number of nitrogens with one attached hydrogen (secondary N) is 1. The van der Waals surface area contributed by atoms with Crippen LogP contribution in [-0.2, 0) is 17.6 Å². The zero-order chi connectivity index (χ0) is 16.1. The Morgan fingerprint density at radius 2 is 1.78 bits per heavy atom. The first-order valence-corrected chi connectivity index (χ1v) is 8.38. The quantitative estimate of drug-likeness (QED) is 0.830. The van der Waals surface area contributed by atoms with E-state index in [4.69, 9.17) is 0 Å². The van der Waals surface area contributed by atoms with E-state index in [1.165, 1.54) is 36.0 Å². The molecule has 0 bridgehead atoms. The van der Waals surface area contributed by atoms with Crippen LogP contribution in [0.15, 0.2) is 54.6 Å². The van der Waals surface area contributed by atoms with E-state index in [1.54, 1.807) is 6.08 Å². The van der Waals surface area contributed by atoms with Gasteiger partial charge < -0.3 is 5.32 Å². The van der Waals surface area contributed by atoms with E-state index >= 15 is 0 Å². The van der Waals surface area contributed by atoms with Crippen molar-refractivity contribution in [2.24, 2.45) is 0 Å². The second kappa shape index (κ2) is 7.28. The van der Waals surface area contributed by atoms with Crippen molar-refractivity contribution in [2.45, 2.75) is 38.6 Å². The molecule has 2 nitrogen and oxygen atoms in total. The maximum atomic E-state index is 12.1. The van der Waals surface area contributed by atoms with Crippen LogP contribution < -0.4 is 5.32 Å². The average molecular weight is 305 g/mol. The Hall–Kier alpha value is -2.35. The van der Waals surface area contributed by atoms with Crippen LogP contribution in [0.25, 0.3) is 6.08 Å². The topological polar surface area (TPSA) is 29.1 Å². The van der Waals surface area contributed by atoms with Crippen molar-refractivity contribution in [1.82, 2.24) is 5.32 Å². The van der Waals surface area contributed by atoms with Crippen molar-refractivity contribution < 1.29 is 4.79 Å². The van der Waals surface area contributed by atoms with Gasteiger partial charge in [0.15, 0.2) is 0 Å². The SMILES string of the molecule is CC(NC(=O)/C=C/c1ccccc1)c1ccc2c(c1)CCCC2. The van der Waals surface area contributed by atoms with Crippen LogP contribution in [-0.4, -0.2) is 5.91 Å². The number of rotatable bonds is 4. The molecule has 1 amide bonds. The van der Waals surface area contributed by atoms with E-state index < -0.39 is 0 Å². The van der Waals surface area contributed by atoms with E-state index in [9.17, 15) is 4.79 Å². The first-order chi connectivity index (χ1) is 11.2. The number of hydrogen-bond acceptors (Lipinski definition) is 1. The molecule has 0 saturated heterocycles. The Morgan fingerprint density at radius 1 is 1.04 bits per heavy atom. The van der Waals surface area contributed by atoms with Gasteiger partial charge in [-0.3, -0.25) is 4.79 Å². The maximum absolute atomic E-state index is 12.1. The third-order valence-corrected chi connectivity index (χ3v) is 4.46. The molecule has 1 aliphatic rings. The molecule has 118 valence electrons. The Balaban J connectivity index is 1.63. The summed E-state index contributed by atoms with van der Waals surface area (Å²) in [6, 6.07) is 16.5. The Labute approximate surface area is 138 Å². The van der Waals surface area contributed by atoms with Gasteiger partial charge >= 0.3 is 0 Å². The van der Waals surface area contributed by atoms with Gasteiger partial charge in [-0.1, -0.05) is 48.5 Å². The number of benzene rings is 2. The zero-order valence-corrected chi connectivity index (χ0v) is 13.6. The molecule has 2 aromatic carbocycles. The summed E-state index contributed by atoms with van der Waals surface area (Å²) in [5, 5.41) is 3.05. The van der Waals surface area contributed by atoms with Crippen LogP contribution in [0.3, 0.4) is 0 Å². The molecule has 0 aromatic heterocycles. The Morgan fingerprint density at radius 3 is 2.57 bits per heavy atom. The molecule has 2 heteroatoms. The molecular weight excluding hydrogens is 282 g/mol. The molecule has 0 fully saturated rings. The third kappa shape index (κ3) is 4.10. The van der Waals surface area contributed by atoms with Gasteiger partial charge in [0, 0.05) is 6.08 Å². The van der Waals surface area contributed by atoms with Gasteiger partial charge in [-0.25, -0.2) is 0 Å². The molecule has 2 aromatic rings. The lowest BCUT2D eigenvalue weighted by atomic mass is 9.89. The molecule has 0 aliphatic heterocycles. The van der Waals surface area contributed by atoms with Gasteiger partial charge in [-0.15, -0.1) is 0 Å². The molecule has 23 heavy (non-hydrogen) atoms. The van der Waals surface area contributed by atoms with Gasteiger partial charge in [0.1, 0.15) is 0 Å². The van der Waals surface area contributed by atoms with Crippen LogP contribution in [0.5, 0.6) is 0 Å². The minimum absolute atomic E-state index is 0.0233. The number of carbonyl (C=O) groups excluding carboxylic acids is 1. The highest BCUT2D eigenvalue weighted by molar-refractivity contribution is 5.91. The molecule has 0 saturated carbocycles. The second-order valence-electron chi connectivity index (χ2n) is 6.21. The zero-order valence-electron chi connectivity index (χ0n) is 13.6. The van der Waals surface area contributed by atoms with E-state index in [1.807, 2.05) is 43.3 Å². The first-order valence-electron chi connectivity index (χ1n) is 8.38. The first kappa shape index (κ1) is 15.5. The van der Waals surface area contributed by atoms with Gasteiger partial charge in [-0.05, 0) is 60.9 Å². The number of amides is 1. The van der Waals surface area contributed by atoms with E-state index in [0.29, 0.717) is 0 Å². The number of hydrogen-bond donors (Lipinski definition) is 1. The highest BCUT2D eigenvalue weighted by atomic mass is 16.1. The van der Waals surface area contributed by atoms with Crippen molar-refractivity contribution in [3.63, 3.8) is 0 Å². The molecule has 0 heterocycles. The van der Waals surface area contributed by atoms with Crippen molar-refractivity contribution in [3.8, 4) is 0 Å². The highest BCUT2D eigenvalue weighted by Gasteiger charge is 2.13. The minimum atomic E-state index is -0.0564. The summed E-state index contributed by atoms with van der Waals surface area (Å²) >= 11 is 0. The summed E-state index contributed by atoms with van der Waals surface area (Å²) in [5.74, 6) is -0.0564. The molecule has 1 N–H and O–H groups in total.